The highest BCUT2D eigenvalue weighted by Gasteiger charge is 2.12. The molecular formula is C14H23N7. The lowest BCUT2D eigenvalue weighted by Gasteiger charge is -2.21. The van der Waals surface area contributed by atoms with Crippen molar-refractivity contribution in [2.24, 2.45) is 0 Å². The van der Waals surface area contributed by atoms with Gasteiger partial charge in [0.25, 0.3) is 0 Å². The van der Waals surface area contributed by atoms with Gasteiger partial charge in [-0.1, -0.05) is 0 Å². The van der Waals surface area contributed by atoms with Crippen LogP contribution in [-0.2, 0) is 6.42 Å². The van der Waals surface area contributed by atoms with E-state index in [1.807, 2.05) is 57.4 Å². The summed E-state index contributed by atoms with van der Waals surface area (Å²) in [4.78, 5) is 22.3. The van der Waals surface area contributed by atoms with Crippen molar-refractivity contribution in [2.75, 3.05) is 56.5 Å². The SMILES string of the molecule is CN(C)c1nc(N(C)C)nc(N(C)CCc2cc[nH]c2)n1. The lowest BCUT2D eigenvalue weighted by atomic mass is 10.2. The Morgan fingerprint density at radius 2 is 1.48 bits per heavy atom. The van der Waals surface area contributed by atoms with Gasteiger partial charge in [-0.3, -0.25) is 0 Å². The van der Waals surface area contributed by atoms with Crippen LogP contribution in [0.15, 0.2) is 18.5 Å². The number of nitrogens with zero attached hydrogens (tertiary/aromatic N) is 6. The zero-order chi connectivity index (χ0) is 15.4. The second-order valence-electron chi connectivity index (χ2n) is 5.42. The summed E-state index contributed by atoms with van der Waals surface area (Å²) in [7, 11) is 9.72. The summed E-state index contributed by atoms with van der Waals surface area (Å²) in [6.45, 7) is 0.849. The van der Waals surface area contributed by atoms with Gasteiger partial charge in [0.05, 0.1) is 0 Å². The minimum atomic E-state index is 0.664. The second-order valence-corrected chi connectivity index (χ2v) is 5.42. The molecule has 0 atom stereocenters. The number of hydrogen-bond donors (Lipinski definition) is 1. The molecule has 0 radical (unpaired) electrons. The van der Waals surface area contributed by atoms with Gasteiger partial charge < -0.3 is 19.7 Å². The first kappa shape index (κ1) is 15.1. The summed E-state index contributed by atoms with van der Waals surface area (Å²) in [6, 6.07) is 2.08. The molecule has 0 saturated carbocycles. The Balaban J connectivity index is 2.16. The minimum absolute atomic E-state index is 0.664. The van der Waals surface area contributed by atoms with E-state index in [0.29, 0.717) is 17.8 Å². The molecule has 0 saturated heterocycles. The molecule has 0 amide bonds. The highest BCUT2D eigenvalue weighted by Crippen LogP contribution is 2.16. The van der Waals surface area contributed by atoms with E-state index in [-0.39, 0.29) is 0 Å². The summed E-state index contributed by atoms with van der Waals surface area (Å²) in [5.74, 6) is 2.02. The van der Waals surface area contributed by atoms with Gasteiger partial charge in [-0.15, -0.1) is 0 Å². The number of H-pyrrole nitrogens is 1. The van der Waals surface area contributed by atoms with E-state index in [0.717, 1.165) is 13.0 Å². The molecule has 114 valence electrons. The van der Waals surface area contributed by atoms with Crippen LogP contribution >= 0.6 is 0 Å². The number of aromatic amines is 1. The molecule has 0 aliphatic rings. The maximum Gasteiger partial charge on any atom is 0.231 e. The van der Waals surface area contributed by atoms with Crippen molar-refractivity contribution in [3.8, 4) is 0 Å². The number of hydrogen-bond acceptors (Lipinski definition) is 6. The monoisotopic (exact) mass is 289 g/mol. The lowest BCUT2D eigenvalue weighted by molar-refractivity contribution is 0.815. The molecule has 7 nitrogen and oxygen atoms in total. The van der Waals surface area contributed by atoms with Crippen LogP contribution in [0.4, 0.5) is 17.8 Å². The van der Waals surface area contributed by atoms with Crippen LogP contribution in [0.1, 0.15) is 5.56 Å². The van der Waals surface area contributed by atoms with Crippen LogP contribution in [0.3, 0.4) is 0 Å². The lowest BCUT2D eigenvalue weighted by Crippen LogP contribution is -2.26. The van der Waals surface area contributed by atoms with Gasteiger partial charge in [-0.2, -0.15) is 15.0 Å². The van der Waals surface area contributed by atoms with Gasteiger partial charge in [-0.05, 0) is 18.1 Å². The normalized spacial score (nSPS) is 10.5. The second kappa shape index (κ2) is 6.43. The molecular weight excluding hydrogens is 266 g/mol. The van der Waals surface area contributed by atoms with E-state index < -0.39 is 0 Å². The predicted octanol–water partition coefficient (Wildman–Crippen LogP) is 1.01. The summed E-state index contributed by atoms with van der Waals surface area (Å²) in [5, 5.41) is 0. The largest absolute Gasteiger partial charge is 0.367 e. The standard InChI is InChI=1S/C14H23N7/c1-19(2)12-16-13(20(3)4)18-14(17-12)21(5)9-7-11-6-8-15-10-11/h6,8,10,15H,7,9H2,1-5H3. The fourth-order valence-corrected chi connectivity index (χ4v) is 1.82. The third-order valence-corrected chi connectivity index (χ3v) is 3.14. The van der Waals surface area contributed by atoms with E-state index in [2.05, 4.69) is 30.9 Å². The Bertz CT molecular complexity index is 536. The smallest absolute Gasteiger partial charge is 0.231 e. The molecule has 0 aromatic carbocycles. The highest BCUT2D eigenvalue weighted by atomic mass is 15.4. The number of rotatable bonds is 6. The Hall–Kier alpha value is -2.31. The Morgan fingerprint density at radius 3 is 1.95 bits per heavy atom. The van der Waals surface area contributed by atoms with Crippen LogP contribution in [0.2, 0.25) is 0 Å². The fourth-order valence-electron chi connectivity index (χ4n) is 1.82. The summed E-state index contributed by atoms with van der Waals surface area (Å²) < 4.78 is 0. The van der Waals surface area contributed by atoms with E-state index in [9.17, 15) is 0 Å². The van der Waals surface area contributed by atoms with Crippen molar-refractivity contribution in [1.29, 1.82) is 0 Å². The zero-order valence-electron chi connectivity index (χ0n) is 13.3. The quantitative estimate of drug-likeness (QED) is 0.856. The van der Waals surface area contributed by atoms with Crippen molar-refractivity contribution < 1.29 is 0 Å². The third-order valence-electron chi connectivity index (χ3n) is 3.14. The predicted molar refractivity (Wildman–Crippen MR) is 86.2 cm³/mol. The summed E-state index contributed by atoms with van der Waals surface area (Å²) in [6.07, 6.45) is 4.89. The van der Waals surface area contributed by atoms with Gasteiger partial charge in [0.15, 0.2) is 0 Å². The molecule has 7 heteroatoms. The van der Waals surface area contributed by atoms with Crippen molar-refractivity contribution >= 4 is 17.8 Å². The van der Waals surface area contributed by atoms with Crippen LogP contribution in [0, 0.1) is 0 Å². The molecule has 0 aliphatic carbocycles. The highest BCUT2D eigenvalue weighted by molar-refractivity contribution is 5.44. The van der Waals surface area contributed by atoms with E-state index >= 15 is 0 Å². The maximum absolute atomic E-state index is 4.51. The van der Waals surface area contributed by atoms with Gasteiger partial charge in [0, 0.05) is 54.2 Å². The number of aromatic nitrogens is 4. The van der Waals surface area contributed by atoms with Gasteiger partial charge in [-0.25, -0.2) is 0 Å². The first-order valence-electron chi connectivity index (χ1n) is 6.91. The van der Waals surface area contributed by atoms with Crippen LogP contribution in [0.5, 0.6) is 0 Å². The van der Waals surface area contributed by atoms with Crippen molar-refractivity contribution in [2.45, 2.75) is 6.42 Å². The topological polar surface area (TPSA) is 64.2 Å². The number of anilines is 3. The Morgan fingerprint density at radius 1 is 0.905 bits per heavy atom. The van der Waals surface area contributed by atoms with Crippen LogP contribution in [0.25, 0.3) is 0 Å². The molecule has 1 N–H and O–H groups in total. The van der Waals surface area contributed by atoms with Gasteiger partial charge in [0.2, 0.25) is 17.8 Å². The van der Waals surface area contributed by atoms with E-state index in [1.54, 1.807) is 0 Å². The summed E-state index contributed by atoms with van der Waals surface area (Å²) in [5.41, 5.74) is 1.27. The molecule has 0 fully saturated rings. The Kier molecular flexibility index (Phi) is 4.62. The van der Waals surface area contributed by atoms with Gasteiger partial charge in [0.1, 0.15) is 0 Å². The van der Waals surface area contributed by atoms with Crippen LogP contribution in [-0.4, -0.2) is 61.7 Å². The first-order chi connectivity index (χ1) is 9.97. The molecule has 0 spiro atoms. The van der Waals surface area contributed by atoms with Crippen molar-refractivity contribution in [3.63, 3.8) is 0 Å². The minimum Gasteiger partial charge on any atom is -0.367 e. The number of nitrogens with one attached hydrogen (secondary N) is 1. The maximum atomic E-state index is 4.51. The first-order valence-corrected chi connectivity index (χ1v) is 6.91. The molecule has 0 bridgehead atoms. The Labute approximate surface area is 125 Å². The molecule has 21 heavy (non-hydrogen) atoms. The fraction of sp³-hybridized carbons (Fsp3) is 0.500. The number of likely N-dealkylation sites (N-methyl/N-ethyl adjacent to an activating group) is 1. The average Bonchev–Trinajstić information content (AvgIpc) is 2.97. The van der Waals surface area contributed by atoms with Crippen LogP contribution < -0.4 is 14.7 Å². The van der Waals surface area contributed by atoms with E-state index in [4.69, 9.17) is 0 Å². The molecule has 2 rings (SSSR count). The van der Waals surface area contributed by atoms with Crippen molar-refractivity contribution in [1.82, 2.24) is 19.9 Å². The van der Waals surface area contributed by atoms with Gasteiger partial charge >= 0.3 is 0 Å². The third kappa shape index (κ3) is 3.84. The van der Waals surface area contributed by atoms with E-state index in [1.165, 1.54) is 5.56 Å². The molecule has 0 unspecified atom stereocenters. The average molecular weight is 289 g/mol. The molecule has 2 aromatic heterocycles. The zero-order valence-corrected chi connectivity index (χ0v) is 13.3. The molecule has 2 aromatic rings. The molecule has 2 heterocycles. The van der Waals surface area contributed by atoms with Crippen molar-refractivity contribution in [3.05, 3.63) is 24.0 Å². The molecule has 0 aliphatic heterocycles. The summed E-state index contributed by atoms with van der Waals surface area (Å²) >= 11 is 0.